The van der Waals surface area contributed by atoms with E-state index in [0.29, 0.717) is 17.2 Å². The first kappa shape index (κ1) is 16.4. The number of hydrogen-bond donors (Lipinski definition) is 2. The van der Waals surface area contributed by atoms with Crippen LogP contribution in [0.4, 0.5) is 15.9 Å². The number of aromatic nitrogens is 2. The molecule has 1 aliphatic carbocycles. The third-order valence-corrected chi connectivity index (χ3v) is 4.21. The fraction of sp³-hybridized carbons (Fsp3) is 0.389. The first-order chi connectivity index (χ1) is 11.7. The molecule has 24 heavy (non-hydrogen) atoms. The van der Waals surface area contributed by atoms with E-state index in [1.807, 2.05) is 0 Å². The van der Waals surface area contributed by atoms with Gasteiger partial charge in [0.1, 0.15) is 23.7 Å². The Labute approximate surface area is 140 Å². The molecule has 1 saturated carbocycles. The van der Waals surface area contributed by atoms with Crippen molar-refractivity contribution in [2.24, 2.45) is 0 Å². The van der Waals surface area contributed by atoms with Crippen molar-refractivity contribution in [3.63, 3.8) is 0 Å². The predicted molar refractivity (Wildman–Crippen MR) is 90.7 cm³/mol. The fourth-order valence-corrected chi connectivity index (χ4v) is 2.91. The van der Waals surface area contributed by atoms with E-state index in [9.17, 15) is 9.18 Å². The molecule has 0 bridgehead atoms. The van der Waals surface area contributed by atoms with Crippen LogP contribution >= 0.6 is 0 Å². The quantitative estimate of drug-likeness (QED) is 0.838. The van der Waals surface area contributed by atoms with Crippen LogP contribution in [0.1, 0.15) is 49.0 Å². The number of hydrogen-bond acceptors (Lipinski definition) is 4. The van der Waals surface area contributed by atoms with Crippen molar-refractivity contribution in [3.8, 4) is 0 Å². The average Bonchev–Trinajstić information content (AvgIpc) is 2.86. The lowest BCUT2D eigenvalue weighted by Gasteiger charge is -2.16. The van der Waals surface area contributed by atoms with Crippen LogP contribution in [0.15, 0.2) is 36.7 Å². The summed E-state index contributed by atoms with van der Waals surface area (Å²) in [6, 6.07) is 7.79. The zero-order chi connectivity index (χ0) is 16.8. The molecule has 0 spiro atoms. The number of nitrogens with zero attached hydrogens (tertiary/aromatic N) is 2. The monoisotopic (exact) mass is 328 g/mol. The van der Waals surface area contributed by atoms with E-state index in [4.69, 9.17) is 0 Å². The molecule has 0 atom stereocenters. The number of halogens is 1. The number of amides is 1. The highest BCUT2D eigenvalue weighted by Gasteiger charge is 2.17. The molecule has 1 fully saturated rings. The highest BCUT2D eigenvalue weighted by atomic mass is 19.1. The molecule has 1 heterocycles. The molecule has 126 valence electrons. The van der Waals surface area contributed by atoms with Crippen LogP contribution < -0.4 is 10.6 Å². The van der Waals surface area contributed by atoms with Gasteiger partial charge in [0.25, 0.3) is 5.91 Å². The Morgan fingerprint density at radius 3 is 2.46 bits per heavy atom. The van der Waals surface area contributed by atoms with E-state index in [1.165, 1.54) is 31.3 Å². The predicted octanol–water partition coefficient (Wildman–Crippen LogP) is 3.81. The molecule has 2 N–H and O–H groups in total. The number of carbonyl (C=O) groups excluding carboxylic acids is 1. The van der Waals surface area contributed by atoms with Gasteiger partial charge in [0.05, 0.1) is 0 Å². The van der Waals surface area contributed by atoms with Crippen molar-refractivity contribution in [3.05, 3.63) is 48.2 Å². The summed E-state index contributed by atoms with van der Waals surface area (Å²) < 4.78 is 12.9. The summed E-state index contributed by atoms with van der Waals surface area (Å²) in [5, 5.41) is 6.11. The van der Waals surface area contributed by atoms with Crippen LogP contribution in [0.2, 0.25) is 0 Å². The van der Waals surface area contributed by atoms with E-state index >= 15 is 0 Å². The Kier molecular flexibility index (Phi) is 5.36. The van der Waals surface area contributed by atoms with E-state index in [2.05, 4.69) is 20.6 Å². The molecule has 3 rings (SSSR count). The molecule has 5 nitrogen and oxygen atoms in total. The SMILES string of the molecule is O=C(NC1CCCCCC1)c1cc(Nc2ccc(F)cc2)ncn1. The van der Waals surface area contributed by atoms with Gasteiger partial charge in [-0.2, -0.15) is 0 Å². The molecular weight excluding hydrogens is 307 g/mol. The maximum absolute atomic E-state index is 12.9. The lowest BCUT2D eigenvalue weighted by molar-refractivity contribution is 0.0928. The minimum absolute atomic E-state index is 0.175. The van der Waals surface area contributed by atoms with Crippen molar-refractivity contribution >= 4 is 17.4 Å². The van der Waals surface area contributed by atoms with E-state index < -0.39 is 0 Å². The molecule has 0 radical (unpaired) electrons. The van der Waals surface area contributed by atoms with Gasteiger partial charge < -0.3 is 10.6 Å². The Bertz CT molecular complexity index is 682. The third kappa shape index (κ3) is 4.50. The summed E-state index contributed by atoms with van der Waals surface area (Å²) in [5.74, 6) is 0.0285. The molecule has 2 aromatic rings. The zero-order valence-electron chi connectivity index (χ0n) is 13.5. The van der Waals surface area contributed by atoms with Gasteiger partial charge in [-0.25, -0.2) is 14.4 Å². The van der Waals surface area contributed by atoms with Gasteiger partial charge in [0, 0.05) is 17.8 Å². The minimum Gasteiger partial charge on any atom is -0.348 e. The van der Waals surface area contributed by atoms with Crippen molar-refractivity contribution in [2.45, 2.75) is 44.6 Å². The largest absolute Gasteiger partial charge is 0.348 e. The van der Waals surface area contributed by atoms with Crippen LogP contribution in [-0.2, 0) is 0 Å². The topological polar surface area (TPSA) is 66.9 Å². The normalized spacial score (nSPS) is 15.5. The smallest absolute Gasteiger partial charge is 0.270 e. The fourth-order valence-electron chi connectivity index (χ4n) is 2.91. The highest BCUT2D eigenvalue weighted by molar-refractivity contribution is 5.93. The standard InChI is InChI=1S/C18H21FN4O/c19-13-7-9-15(10-8-13)22-17-11-16(20-12-21-17)18(24)23-14-5-3-1-2-4-6-14/h7-12,14H,1-6H2,(H,23,24)(H,20,21,22). The second kappa shape index (κ2) is 7.86. The Hall–Kier alpha value is -2.50. The summed E-state index contributed by atoms with van der Waals surface area (Å²) in [5.41, 5.74) is 1.03. The zero-order valence-corrected chi connectivity index (χ0v) is 13.5. The van der Waals surface area contributed by atoms with Crippen LogP contribution in [-0.4, -0.2) is 21.9 Å². The van der Waals surface area contributed by atoms with Crippen LogP contribution in [0, 0.1) is 5.82 Å². The van der Waals surface area contributed by atoms with Gasteiger partial charge in [-0.05, 0) is 37.1 Å². The minimum atomic E-state index is -0.299. The number of rotatable bonds is 4. The average molecular weight is 328 g/mol. The molecule has 1 aromatic carbocycles. The Morgan fingerprint density at radius 2 is 1.75 bits per heavy atom. The number of anilines is 2. The van der Waals surface area contributed by atoms with Gasteiger partial charge in [0.15, 0.2) is 0 Å². The molecule has 6 heteroatoms. The lowest BCUT2D eigenvalue weighted by atomic mass is 10.1. The maximum Gasteiger partial charge on any atom is 0.270 e. The number of benzene rings is 1. The second-order valence-corrected chi connectivity index (χ2v) is 6.08. The number of nitrogens with one attached hydrogen (secondary N) is 2. The summed E-state index contributed by atoms with van der Waals surface area (Å²) in [6.07, 6.45) is 8.21. The van der Waals surface area contributed by atoms with Gasteiger partial charge >= 0.3 is 0 Å². The third-order valence-electron chi connectivity index (χ3n) is 4.21. The highest BCUT2D eigenvalue weighted by Crippen LogP contribution is 2.18. The summed E-state index contributed by atoms with van der Waals surface area (Å²) in [4.78, 5) is 20.6. The van der Waals surface area contributed by atoms with E-state index in [1.54, 1.807) is 18.2 Å². The van der Waals surface area contributed by atoms with Crippen molar-refractivity contribution < 1.29 is 9.18 Å². The molecule has 0 saturated heterocycles. The summed E-state index contributed by atoms with van der Waals surface area (Å²) in [6.45, 7) is 0. The summed E-state index contributed by atoms with van der Waals surface area (Å²) >= 11 is 0. The van der Waals surface area contributed by atoms with Crippen molar-refractivity contribution in [2.75, 3.05) is 5.32 Å². The molecule has 1 amide bonds. The van der Waals surface area contributed by atoms with Crippen LogP contribution in [0.5, 0.6) is 0 Å². The maximum atomic E-state index is 12.9. The van der Waals surface area contributed by atoms with E-state index in [-0.39, 0.29) is 17.8 Å². The second-order valence-electron chi connectivity index (χ2n) is 6.08. The molecule has 1 aromatic heterocycles. The number of carbonyl (C=O) groups is 1. The van der Waals surface area contributed by atoms with Gasteiger partial charge in [-0.3, -0.25) is 4.79 Å². The summed E-state index contributed by atoms with van der Waals surface area (Å²) in [7, 11) is 0. The van der Waals surface area contributed by atoms with Crippen molar-refractivity contribution in [1.29, 1.82) is 0 Å². The van der Waals surface area contributed by atoms with E-state index in [0.717, 1.165) is 25.7 Å². The van der Waals surface area contributed by atoms with Gasteiger partial charge in [-0.15, -0.1) is 0 Å². The first-order valence-corrected chi connectivity index (χ1v) is 8.36. The Morgan fingerprint density at radius 1 is 1.04 bits per heavy atom. The molecule has 0 aliphatic heterocycles. The first-order valence-electron chi connectivity index (χ1n) is 8.36. The molecule has 1 aliphatic rings. The van der Waals surface area contributed by atoms with Crippen LogP contribution in [0.25, 0.3) is 0 Å². The molecule has 0 unspecified atom stereocenters. The van der Waals surface area contributed by atoms with Crippen molar-refractivity contribution in [1.82, 2.24) is 15.3 Å². The van der Waals surface area contributed by atoms with Crippen LogP contribution in [0.3, 0.4) is 0 Å². The van der Waals surface area contributed by atoms with Gasteiger partial charge in [0.2, 0.25) is 0 Å². The Balaban J connectivity index is 1.65. The van der Waals surface area contributed by atoms with Gasteiger partial charge in [-0.1, -0.05) is 25.7 Å². The lowest BCUT2D eigenvalue weighted by Crippen LogP contribution is -2.34. The molecular formula is C18H21FN4O.